The lowest BCUT2D eigenvalue weighted by atomic mass is 10.2. The van der Waals surface area contributed by atoms with Crippen LogP contribution in [0.5, 0.6) is 0 Å². The third kappa shape index (κ3) is 3.44. The molecule has 0 aliphatic heterocycles. The highest BCUT2D eigenvalue weighted by atomic mass is 35.5. The summed E-state index contributed by atoms with van der Waals surface area (Å²) in [5.41, 5.74) is 0. The molecule has 1 atom stereocenters. The Labute approximate surface area is 105 Å². The van der Waals surface area contributed by atoms with Crippen LogP contribution in [0.1, 0.15) is 6.92 Å². The van der Waals surface area contributed by atoms with Crippen molar-refractivity contribution in [3.05, 3.63) is 30.3 Å². The molecule has 0 N–H and O–H groups in total. The highest BCUT2D eigenvalue weighted by Gasteiger charge is 2.37. The molecule has 6 heteroatoms. The molecule has 0 amide bonds. The van der Waals surface area contributed by atoms with Crippen molar-refractivity contribution in [2.24, 2.45) is 0 Å². The number of halogens is 1. The number of carbonyl (C=O) groups excluding carboxylic acids is 1. The number of carbonyl (C=O) groups is 1. The van der Waals surface area contributed by atoms with E-state index in [1.807, 2.05) is 0 Å². The zero-order chi connectivity index (χ0) is 13.1. The topological polar surface area (TPSA) is 60.4 Å². The number of alkyl halides is 1. The van der Waals surface area contributed by atoms with Crippen LogP contribution in [0.25, 0.3) is 0 Å². The smallest absolute Gasteiger partial charge is 0.327 e. The van der Waals surface area contributed by atoms with Gasteiger partial charge >= 0.3 is 5.97 Å². The van der Waals surface area contributed by atoms with Gasteiger partial charge in [-0.3, -0.25) is 4.79 Å². The SMILES string of the molecule is COC(=O)[C@@](C)(Cl)CS(=O)(=O)c1ccccc1. The van der Waals surface area contributed by atoms with Crippen molar-refractivity contribution in [1.29, 1.82) is 0 Å². The lowest BCUT2D eigenvalue weighted by Gasteiger charge is -2.18. The van der Waals surface area contributed by atoms with Crippen molar-refractivity contribution in [2.75, 3.05) is 12.9 Å². The van der Waals surface area contributed by atoms with Crippen LogP contribution in [0.2, 0.25) is 0 Å². The van der Waals surface area contributed by atoms with E-state index in [-0.39, 0.29) is 4.90 Å². The zero-order valence-electron chi connectivity index (χ0n) is 9.51. The molecule has 0 saturated carbocycles. The molecule has 1 rings (SSSR count). The van der Waals surface area contributed by atoms with Crippen molar-refractivity contribution in [3.8, 4) is 0 Å². The lowest BCUT2D eigenvalue weighted by Crippen LogP contribution is -2.37. The van der Waals surface area contributed by atoms with Gasteiger partial charge in [0.15, 0.2) is 14.7 Å². The summed E-state index contributed by atoms with van der Waals surface area (Å²) in [6.07, 6.45) is 0. The first-order chi connectivity index (χ1) is 7.79. The molecule has 4 nitrogen and oxygen atoms in total. The van der Waals surface area contributed by atoms with Gasteiger partial charge in [0.05, 0.1) is 17.8 Å². The van der Waals surface area contributed by atoms with Crippen LogP contribution < -0.4 is 0 Å². The third-order valence-electron chi connectivity index (χ3n) is 2.17. The molecule has 0 unspecified atom stereocenters. The molecular formula is C11H13ClO4S. The number of ether oxygens (including phenoxy) is 1. The maximum absolute atomic E-state index is 12.0. The van der Waals surface area contributed by atoms with Gasteiger partial charge < -0.3 is 4.74 Å². The molecule has 0 aliphatic carbocycles. The monoisotopic (exact) mass is 276 g/mol. The van der Waals surface area contributed by atoms with Gasteiger partial charge in [0, 0.05) is 0 Å². The minimum Gasteiger partial charge on any atom is -0.468 e. The summed E-state index contributed by atoms with van der Waals surface area (Å²) in [4.78, 5) is 9.88. The quantitative estimate of drug-likeness (QED) is 0.619. The van der Waals surface area contributed by atoms with Crippen LogP contribution in [-0.4, -0.2) is 32.1 Å². The number of hydrogen-bond donors (Lipinski definition) is 0. The van der Waals surface area contributed by atoms with Crippen LogP contribution >= 0.6 is 11.6 Å². The second-order valence-electron chi connectivity index (χ2n) is 3.76. The van der Waals surface area contributed by atoms with Crippen LogP contribution in [0.15, 0.2) is 35.2 Å². The predicted molar refractivity (Wildman–Crippen MR) is 64.8 cm³/mol. The van der Waals surface area contributed by atoms with Gasteiger partial charge in [-0.1, -0.05) is 18.2 Å². The Balaban J connectivity index is 3.00. The van der Waals surface area contributed by atoms with E-state index < -0.39 is 26.4 Å². The van der Waals surface area contributed by atoms with Crippen molar-refractivity contribution < 1.29 is 17.9 Å². The standard InChI is InChI=1S/C11H13ClO4S/c1-11(12,10(13)16-2)8-17(14,15)9-6-4-3-5-7-9/h3-7H,8H2,1-2H3/t11-/m0/s1. The summed E-state index contributed by atoms with van der Waals surface area (Å²) in [5.74, 6) is -1.27. The summed E-state index contributed by atoms with van der Waals surface area (Å²) >= 11 is 5.87. The molecule has 1 aromatic rings. The van der Waals surface area contributed by atoms with Gasteiger partial charge in [-0.25, -0.2) is 8.42 Å². The highest BCUT2D eigenvalue weighted by molar-refractivity contribution is 7.91. The zero-order valence-corrected chi connectivity index (χ0v) is 11.1. The first-order valence-corrected chi connectivity index (χ1v) is 6.88. The number of hydrogen-bond acceptors (Lipinski definition) is 4. The summed E-state index contributed by atoms with van der Waals surface area (Å²) in [7, 11) is -2.44. The van der Waals surface area contributed by atoms with Crippen LogP contribution in [0, 0.1) is 0 Å². The third-order valence-corrected chi connectivity index (χ3v) is 4.57. The van der Waals surface area contributed by atoms with Gasteiger partial charge in [-0.15, -0.1) is 11.6 Å². The second-order valence-corrected chi connectivity index (χ2v) is 6.58. The Kier molecular flexibility index (Phi) is 4.16. The maximum Gasteiger partial charge on any atom is 0.327 e. The van der Waals surface area contributed by atoms with E-state index in [4.69, 9.17) is 11.6 Å². The number of sulfone groups is 1. The van der Waals surface area contributed by atoms with E-state index in [2.05, 4.69) is 4.74 Å². The molecular weight excluding hydrogens is 264 g/mol. The van der Waals surface area contributed by atoms with Gasteiger partial charge in [0.1, 0.15) is 0 Å². The first-order valence-electron chi connectivity index (χ1n) is 4.85. The number of esters is 1. The second kappa shape index (κ2) is 5.06. The maximum atomic E-state index is 12.0. The summed E-state index contributed by atoms with van der Waals surface area (Å²) in [6.45, 7) is 1.32. The largest absolute Gasteiger partial charge is 0.468 e. The van der Waals surface area contributed by atoms with Gasteiger partial charge in [-0.2, -0.15) is 0 Å². The molecule has 94 valence electrons. The fraction of sp³-hybridized carbons (Fsp3) is 0.364. The summed E-state index contributed by atoms with van der Waals surface area (Å²) in [6, 6.07) is 7.84. The van der Waals surface area contributed by atoms with Crippen molar-refractivity contribution in [1.82, 2.24) is 0 Å². The van der Waals surface area contributed by atoms with Gasteiger partial charge in [0.2, 0.25) is 0 Å². The molecule has 1 aromatic carbocycles. The van der Waals surface area contributed by atoms with Crippen LogP contribution in [0.4, 0.5) is 0 Å². The van der Waals surface area contributed by atoms with Gasteiger partial charge in [0.25, 0.3) is 0 Å². The van der Waals surface area contributed by atoms with Crippen LogP contribution in [0.3, 0.4) is 0 Å². The Morgan fingerprint density at radius 1 is 1.35 bits per heavy atom. The molecule has 0 fully saturated rings. The minimum absolute atomic E-state index is 0.135. The van der Waals surface area contributed by atoms with E-state index in [1.165, 1.54) is 19.1 Å². The Bertz CT molecular complexity index is 493. The number of benzene rings is 1. The predicted octanol–water partition coefficient (Wildman–Crippen LogP) is 1.63. The fourth-order valence-corrected chi connectivity index (χ4v) is 3.42. The fourth-order valence-electron chi connectivity index (χ4n) is 1.34. The molecule has 0 aliphatic rings. The van der Waals surface area contributed by atoms with E-state index in [1.54, 1.807) is 18.2 Å². The van der Waals surface area contributed by atoms with E-state index in [0.29, 0.717) is 0 Å². The molecule has 0 spiro atoms. The summed E-state index contributed by atoms with van der Waals surface area (Å²) < 4.78 is 28.4. The Morgan fingerprint density at radius 3 is 2.35 bits per heavy atom. The Hall–Kier alpha value is -1.07. The minimum atomic E-state index is -3.61. The molecule has 0 saturated heterocycles. The van der Waals surface area contributed by atoms with Crippen molar-refractivity contribution in [2.45, 2.75) is 16.7 Å². The van der Waals surface area contributed by atoms with Gasteiger partial charge in [-0.05, 0) is 19.1 Å². The molecule has 17 heavy (non-hydrogen) atoms. The molecule has 0 bridgehead atoms. The normalized spacial score (nSPS) is 15.0. The Morgan fingerprint density at radius 2 is 1.88 bits per heavy atom. The van der Waals surface area contributed by atoms with Crippen molar-refractivity contribution >= 4 is 27.4 Å². The first kappa shape index (κ1) is 14.0. The van der Waals surface area contributed by atoms with Crippen molar-refractivity contribution in [3.63, 3.8) is 0 Å². The average molecular weight is 277 g/mol. The van der Waals surface area contributed by atoms with E-state index in [9.17, 15) is 13.2 Å². The average Bonchev–Trinajstić information content (AvgIpc) is 2.27. The highest BCUT2D eigenvalue weighted by Crippen LogP contribution is 2.23. The van der Waals surface area contributed by atoms with E-state index >= 15 is 0 Å². The van der Waals surface area contributed by atoms with Crippen LogP contribution in [-0.2, 0) is 19.4 Å². The molecule has 0 radical (unpaired) electrons. The van der Waals surface area contributed by atoms with E-state index in [0.717, 1.165) is 7.11 Å². The number of rotatable bonds is 4. The molecule has 0 heterocycles. The number of methoxy groups -OCH3 is 1. The molecule has 0 aromatic heterocycles. The summed E-state index contributed by atoms with van der Waals surface area (Å²) in [5, 5.41) is 0. The lowest BCUT2D eigenvalue weighted by molar-refractivity contribution is -0.142.